The second-order valence-electron chi connectivity index (χ2n) is 5.11. The minimum absolute atomic E-state index is 0.237. The molecular formula is C13H17N3O3S. The second-order valence-corrected chi connectivity index (χ2v) is 5.98. The first-order chi connectivity index (χ1) is 9.66. The van der Waals surface area contributed by atoms with Gasteiger partial charge in [-0.15, -0.1) is 11.3 Å². The van der Waals surface area contributed by atoms with Crippen molar-refractivity contribution in [3.63, 3.8) is 0 Å². The van der Waals surface area contributed by atoms with Gasteiger partial charge in [-0.1, -0.05) is 0 Å². The molecule has 20 heavy (non-hydrogen) atoms. The predicted octanol–water partition coefficient (Wildman–Crippen LogP) is 1.96. The molecule has 0 radical (unpaired) electrons. The molecule has 0 aromatic carbocycles. The number of aromatic carboxylic acids is 1. The molecule has 2 aromatic heterocycles. The van der Waals surface area contributed by atoms with Crippen LogP contribution in [0.2, 0.25) is 0 Å². The van der Waals surface area contributed by atoms with E-state index in [2.05, 4.69) is 4.98 Å². The Morgan fingerprint density at radius 3 is 3.25 bits per heavy atom. The van der Waals surface area contributed by atoms with E-state index in [0.29, 0.717) is 16.7 Å². The molecule has 1 fully saturated rings. The molecule has 1 saturated heterocycles. The van der Waals surface area contributed by atoms with Crippen LogP contribution in [0.5, 0.6) is 0 Å². The highest BCUT2D eigenvalue weighted by Crippen LogP contribution is 2.25. The maximum atomic E-state index is 11.5. The van der Waals surface area contributed by atoms with E-state index in [1.807, 2.05) is 17.3 Å². The fourth-order valence-electron chi connectivity index (χ4n) is 2.66. The molecular weight excluding hydrogens is 278 g/mol. The zero-order chi connectivity index (χ0) is 14.1. The average Bonchev–Trinajstić information content (AvgIpc) is 2.98. The van der Waals surface area contributed by atoms with Crippen LogP contribution in [-0.2, 0) is 4.74 Å². The third-order valence-electron chi connectivity index (χ3n) is 3.59. The van der Waals surface area contributed by atoms with Crippen molar-refractivity contribution < 1.29 is 14.6 Å². The summed E-state index contributed by atoms with van der Waals surface area (Å²) >= 11 is 1.44. The number of hydrogen-bond acceptors (Lipinski definition) is 5. The van der Waals surface area contributed by atoms with Gasteiger partial charge in [0.25, 0.3) is 0 Å². The van der Waals surface area contributed by atoms with Crippen molar-refractivity contribution in [1.82, 2.24) is 9.38 Å². The maximum absolute atomic E-state index is 11.5. The van der Waals surface area contributed by atoms with Crippen LogP contribution in [0.4, 0.5) is 5.82 Å². The molecule has 2 aromatic rings. The summed E-state index contributed by atoms with van der Waals surface area (Å²) in [5, 5.41) is 11.3. The third-order valence-corrected chi connectivity index (χ3v) is 4.35. The number of thiazole rings is 1. The van der Waals surface area contributed by atoms with Crippen molar-refractivity contribution in [2.75, 3.05) is 31.7 Å². The fourth-order valence-corrected chi connectivity index (χ4v) is 3.37. The quantitative estimate of drug-likeness (QED) is 0.934. The molecule has 1 atom stereocenters. The van der Waals surface area contributed by atoms with Crippen LogP contribution < -0.4 is 4.90 Å². The van der Waals surface area contributed by atoms with E-state index < -0.39 is 5.97 Å². The predicted molar refractivity (Wildman–Crippen MR) is 76.8 cm³/mol. The van der Waals surface area contributed by atoms with Crippen LogP contribution in [0.3, 0.4) is 0 Å². The van der Waals surface area contributed by atoms with Gasteiger partial charge in [-0.25, -0.2) is 9.78 Å². The van der Waals surface area contributed by atoms with Crippen molar-refractivity contribution in [2.45, 2.75) is 12.8 Å². The molecule has 3 rings (SSSR count). The monoisotopic (exact) mass is 295 g/mol. The van der Waals surface area contributed by atoms with Gasteiger partial charge in [-0.3, -0.25) is 4.40 Å². The molecule has 1 unspecified atom stereocenters. The summed E-state index contributed by atoms with van der Waals surface area (Å²) in [7, 11) is 1.90. The van der Waals surface area contributed by atoms with Gasteiger partial charge in [0.05, 0.1) is 6.61 Å². The molecule has 3 heterocycles. The Kier molecular flexibility index (Phi) is 3.62. The summed E-state index contributed by atoms with van der Waals surface area (Å²) in [6.45, 7) is 2.35. The zero-order valence-corrected chi connectivity index (χ0v) is 12.1. The summed E-state index contributed by atoms with van der Waals surface area (Å²) in [6.07, 6.45) is 3.94. The summed E-state index contributed by atoms with van der Waals surface area (Å²) in [4.78, 5) is 18.6. The van der Waals surface area contributed by atoms with Crippen molar-refractivity contribution in [3.8, 4) is 0 Å². The Morgan fingerprint density at radius 1 is 1.70 bits per heavy atom. The number of nitrogens with zero attached hydrogens (tertiary/aromatic N) is 3. The van der Waals surface area contributed by atoms with Gasteiger partial charge < -0.3 is 14.7 Å². The van der Waals surface area contributed by atoms with Crippen molar-refractivity contribution in [2.24, 2.45) is 5.92 Å². The molecule has 1 aliphatic heterocycles. The normalized spacial score (nSPS) is 19.4. The summed E-state index contributed by atoms with van der Waals surface area (Å²) in [5.74, 6) is 0.0303. The van der Waals surface area contributed by atoms with Crippen LogP contribution in [-0.4, -0.2) is 47.3 Å². The highest BCUT2D eigenvalue weighted by Gasteiger charge is 2.24. The summed E-state index contributed by atoms with van der Waals surface area (Å²) in [5.41, 5.74) is 0.237. The fraction of sp³-hybridized carbons (Fsp3) is 0.538. The number of rotatable bonds is 4. The molecule has 6 nitrogen and oxygen atoms in total. The molecule has 0 spiro atoms. The summed E-state index contributed by atoms with van der Waals surface area (Å²) < 4.78 is 7.11. The molecule has 1 N–H and O–H groups in total. The number of hydrogen-bond donors (Lipinski definition) is 1. The minimum Gasteiger partial charge on any atom is -0.476 e. The standard InChI is InChI=1S/C13H17N3O3S/c1-15(7-9-3-2-5-19-8-9)11-10(12(17)18)16-4-6-20-13(16)14-11/h4,6,9H,2-3,5,7-8H2,1H3,(H,17,18). The topological polar surface area (TPSA) is 67.1 Å². The van der Waals surface area contributed by atoms with Gasteiger partial charge in [-0.2, -0.15) is 0 Å². The van der Waals surface area contributed by atoms with E-state index >= 15 is 0 Å². The molecule has 0 saturated carbocycles. The van der Waals surface area contributed by atoms with Crippen LogP contribution >= 0.6 is 11.3 Å². The van der Waals surface area contributed by atoms with Crippen molar-refractivity contribution in [1.29, 1.82) is 0 Å². The van der Waals surface area contributed by atoms with Crippen LogP contribution in [0.15, 0.2) is 11.6 Å². The van der Waals surface area contributed by atoms with Crippen LogP contribution in [0.1, 0.15) is 23.3 Å². The first-order valence-electron chi connectivity index (χ1n) is 6.64. The van der Waals surface area contributed by atoms with Crippen LogP contribution in [0.25, 0.3) is 4.96 Å². The van der Waals surface area contributed by atoms with Gasteiger partial charge in [0.1, 0.15) is 0 Å². The highest BCUT2D eigenvalue weighted by atomic mass is 32.1. The van der Waals surface area contributed by atoms with E-state index in [1.54, 1.807) is 10.6 Å². The first kappa shape index (κ1) is 13.4. The molecule has 1 aliphatic rings. The Balaban J connectivity index is 1.86. The van der Waals surface area contributed by atoms with E-state index in [0.717, 1.165) is 32.6 Å². The van der Waals surface area contributed by atoms with Gasteiger partial charge in [0, 0.05) is 31.8 Å². The molecule has 7 heteroatoms. The highest BCUT2D eigenvalue weighted by molar-refractivity contribution is 7.15. The Bertz CT molecular complexity index is 615. The number of carboxylic acids is 1. The Morgan fingerprint density at radius 2 is 2.55 bits per heavy atom. The van der Waals surface area contributed by atoms with E-state index in [1.165, 1.54) is 11.3 Å². The van der Waals surface area contributed by atoms with Gasteiger partial charge in [0.2, 0.25) is 0 Å². The lowest BCUT2D eigenvalue weighted by Crippen LogP contribution is -2.31. The van der Waals surface area contributed by atoms with Gasteiger partial charge in [0.15, 0.2) is 16.5 Å². The van der Waals surface area contributed by atoms with Gasteiger partial charge >= 0.3 is 5.97 Å². The molecule has 0 bridgehead atoms. The smallest absolute Gasteiger partial charge is 0.356 e. The zero-order valence-electron chi connectivity index (χ0n) is 11.3. The lowest BCUT2D eigenvalue weighted by molar-refractivity contribution is 0.0575. The lowest BCUT2D eigenvalue weighted by atomic mass is 10.0. The molecule has 0 aliphatic carbocycles. The molecule has 108 valence electrons. The largest absolute Gasteiger partial charge is 0.476 e. The lowest BCUT2D eigenvalue weighted by Gasteiger charge is -2.27. The number of carbonyl (C=O) groups is 1. The van der Waals surface area contributed by atoms with E-state index in [4.69, 9.17) is 4.74 Å². The Labute approximate surface area is 120 Å². The van der Waals surface area contributed by atoms with E-state index in [9.17, 15) is 9.90 Å². The second kappa shape index (κ2) is 5.41. The SMILES string of the molecule is CN(CC1CCCOC1)c1nc2sccn2c1C(=O)O. The number of imidazole rings is 1. The number of fused-ring (bicyclic) bond motifs is 1. The van der Waals surface area contributed by atoms with Gasteiger partial charge in [-0.05, 0) is 18.8 Å². The first-order valence-corrected chi connectivity index (χ1v) is 7.52. The maximum Gasteiger partial charge on any atom is 0.356 e. The third kappa shape index (κ3) is 2.38. The Hall–Kier alpha value is -1.60. The van der Waals surface area contributed by atoms with E-state index in [-0.39, 0.29) is 5.69 Å². The number of carboxylic acid groups (broad SMARTS) is 1. The van der Waals surface area contributed by atoms with Crippen molar-refractivity contribution in [3.05, 3.63) is 17.3 Å². The number of ether oxygens (including phenoxy) is 1. The average molecular weight is 295 g/mol. The minimum atomic E-state index is -0.947. The molecule has 0 amide bonds. The summed E-state index contributed by atoms with van der Waals surface area (Å²) in [6, 6.07) is 0. The number of anilines is 1. The number of aromatic nitrogens is 2. The van der Waals surface area contributed by atoms with Crippen molar-refractivity contribution >= 4 is 28.1 Å². The van der Waals surface area contributed by atoms with Crippen LogP contribution in [0, 0.1) is 5.92 Å².